The zero-order valence-electron chi connectivity index (χ0n) is 21.5. The van der Waals surface area contributed by atoms with E-state index in [0.29, 0.717) is 35.0 Å². The van der Waals surface area contributed by atoms with Crippen LogP contribution in [-0.2, 0) is 23.6 Å². The summed E-state index contributed by atoms with van der Waals surface area (Å²) in [6, 6.07) is 4.90. The maximum absolute atomic E-state index is 13.4. The number of nitrogen functional groups attached to an aromatic ring is 1. The summed E-state index contributed by atoms with van der Waals surface area (Å²) in [5, 5.41) is 11.0. The highest BCUT2D eigenvalue weighted by Crippen LogP contribution is 2.40. The number of fused-ring (bicyclic) bond motifs is 2. The summed E-state index contributed by atoms with van der Waals surface area (Å²) in [7, 11) is -0.930. The number of aromatic nitrogens is 5. The van der Waals surface area contributed by atoms with Crippen molar-refractivity contribution in [2.75, 3.05) is 18.1 Å². The molecule has 3 aromatic heterocycles. The molecule has 2 amide bonds. The van der Waals surface area contributed by atoms with E-state index >= 15 is 0 Å². The summed E-state index contributed by atoms with van der Waals surface area (Å²) < 4.78 is 31.4. The quantitative estimate of drug-likeness (QED) is 0.312. The molecule has 0 saturated heterocycles. The molecular formula is C25H27N9O4S. The molecule has 1 atom stereocenters. The SMILES string of the molecule is CNS(=O)(=O)c1cc(-c2ccn3nc(N)c(C(=O)Nc4cnn(C)c4)c3n2)cc2c1C(=O)N(C(C)C1CC1)C2. The normalized spacial score (nSPS) is 16.1. The fourth-order valence-electron chi connectivity index (χ4n) is 5.08. The molecule has 202 valence electrons. The van der Waals surface area contributed by atoms with Gasteiger partial charge >= 0.3 is 0 Å². The molecule has 1 fully saturated rings. The van der Waals surface area contributed by atoms with E-state index in [1.807, 2.05) is 6.92 Å². The number of benzene rings is 1. The van der Waals surface area contributed by atoms with E-state index < -0.39 is 15.9 Å². The number of carbonyl (C=O) groups is 2. The summed E-state index contributed by atoms with van der Waals surface area (Å²) in [6.45, 7) is 2.32. The smallest absolute Gasteiger partial charge is 0.263 e. The Labute approximate surface area is 224 Å². The second-order valence-electron chi connectivity index (χ2n) is 9.93. The third-order valence-electron chi connectivity index (χ3n) is 7.35. The maximum atomic E-state index is 13.4. The Morgan fingerprint density at radius 1 is 1.26 bits per heavy atom. The highest BCUT2D eigenvalue weighted by Gasteiger charge is 2.41. The zero-order chi connectivity index (χ0) is 27.6. The maximum Gasteiger partial charge on any atom is 0.263 e. The molecule has 0 radical (unpaired) electrons. The van der Waals surface area contributed by atoms with E-state index in [2.05, 4.69) is 25.2 Å². The molecule has 13 nitrogen and oxygen atoms in total. The Kier molecular flexibility index (Phi) is 5.69. The minimum Gasteiger partial charge on any atom is -0.381 e. The Morgan fingerprint density at radius 2 is 2.03 bits per heavy atom. The number of amides is 2. The van der Waals surface area contributed by atoms with Crippen molar-refractivity contribution in [1.82, 2.24) is 34.0 Å². The van der Waals surface area contributed by atoms with E-state index in [-0.39, 0.29) is 39.4 Å². The van der Waals surface area contributed by atoms with Crippen molar-refractivity contribution in [2.24, 2.45) is 13.0 Å². The third-order valence-corrected chi connectivity index (χ3v) is 8.79. The average Bonchev–Trinajstić information content (AvgIpc) is 3.48. The number of hydrogen-bond donors (Lipinski definition) is 3. The Hall–Kier alpha value is -4.30. The number of hydrogen-bond acceptors (Lipinski definition) is 8. The van der Waals surface area contributed by atoms with Gasteiger partial charge in [0.15, 0.2) is 11.5 Å². The van der Waals surface area contributed by atoms with Crippen LogP contribution in [0.2, 0.25) is 0 Å². The molecule has 6 rings (SSSR count). The van der Waals surface area contributed by atoms with Gasteiger partial charge in [0.05, 0.1) is 28.0 Å². The second-order valence-corrected chi connectivity index (χ2v) is 11.8. The number of nitrogens with one attached hydrogen (secondary N) is 2. The predicted molar refractivity (Wildman–Crippen MR) is 142 cm³/mol. The molecule has 2 aliphatic rings. The van der Waals surface area contributed by atoms with Crippen molar-refractivity contribution in [3.8, 4) is 11.3 Å². The van der Waals surface area contributed by atoms with Crippen molar-refractivity contribution < 1.29 is 18.0 Å². The van der Waals surface area contributed by atoms with Crippen LogP contribution in [0.1, 0.15) is 46.0 Å². The van der Waals surface area contributed by atoms with Gasteiger partial charge in [-0.25, -0.2) is 22.6 Å². The molecule has 1 unspecified atom stereocenters. The largest absolute Gasteiger partial charge is 0.381 e. The van der Waals surface area contributed by atoms with Crippen molar-refractivity contribution in [1.29, 1.82) is 0 Å². The first-order chi connectivity index (χ1) is 18.6. The summed E-state index contributed by atoms with van der Waals surface area (Å²) in [5.74, 6) is -0.377. The van der Waals surface area contributed by atoms with Gasteiger partial charge in [0.2, 0.25) is 10.0 Å². The average molecular weight is 550 g/mol. The fraction of sp³-hybridized carbons (Fsp3) is 0.320. The lowest BCUT2D eigenvalue weighted by Crippen LogP contribution is -2.35. The van der Waals surface area contributed by atoms with E-state index in [4.69, 9.17) is 5.73 Å². The monoisotopic (exact) mass is 549 g/mol. The first kappa shape index (κ1) is 25.0. The Balaban J connectivity index is 1.44. The molecule has 4 aromatic rings. The number of nitrogens with two attached hydrogens (primary N) is 1. The van der Waals surface area contributed by atoms with Crippen LogP contribution in [0.3, 0.4) is 0 Å². The highest BCUT2D eigenvalue weighted by molar-refractivity contribution is 7.89. The molecule has 39 heavy (non-hydrogen) atoms. The van der Waals surface area contributed by atoms with Crippen LogP contribution in [0.4, 0.5) is 11.5 Å². The van der Waals surface area contributed by atoms with Gasteiger partial charge in [0, 0.05) is 37.6 Å². The molecular weight excluding hydrogens is 522 g/mol. The van der Waals surface area contributed by atoms with Gasteiger partial charge in [-0.2, -0.15) is 5.10 Å². The first-order valence-corrected chi connectivity index (χ1v) is 13.9. The zero-order valence-corrected chi connectivity index (χ0v) is 22.4. The summed E-state index contributed by atoms with van der Waals surface area (Å²) in [5.41, 5.74) is 8.51. The minimum atomic E-state index is -3.97. The Bertz CT molecular complexity index is 1770. The minimum absolute atomic E-state index is 0.0104. The van der Waals surface area contributed by atoms with Gasteiger partial charge in [0.25, 0.3) is 11.8 Å². The van der Waals surface area contributed by atoms with Gasteiger partial charge in [-0.15, -0.1) is 5.10 Å². The van der Waals surface area contributed by atoms with Crippen LogP contribution in [0.15, 0.2) is 41.7 Å². The van der Waals surface area contributed by atoms with Gasteiger partial charge in [-0.1, -0.05) is 0 Å². The molecule has 1 saturated carbocycles. The van der Waals surface area contributed by atoms with Crippen molar-refractivity contribution in [2.45, 2.75) is 37.2 Å². The summed E-state index contributed by atoms with van der Waals surface area (Å²) in [6.07, 6.45) is 6.86. The standard InChI is InChI=1S/C25H27N9O4S/c1-13(14-4-5-14)33-11-16-8-15(9-19(20(16)25(33)36)39(37,38)27-2)18-6-7-34-23(30-18)21(22(26)31-34)24(35)29-17-10-28-32(3)12-17/h6-10,12-14,27H,4-5,11H2,1-3H3,(H2,26,31)(H,29,35). The molecule has 1 aliphatic carbocycles. The van der Waals surface area contributed by atoms with E-state index in [1.165, 1.54) is 23.8 Å². The lowest BCUT2D eigenvalue weighted by molar-refractivity contribution is 0.0694. The molecule has 14 heteroatoms. The van der Waals surface area contributed by atoms with Gasteiger partial charge in [0.1, 0.15) is 5.56 Å². The number of aryl methyl sites for hydroxylation is 1. The lowest BCUT2D eigenvalue weighted by Gasteiger charge is -2.24. The van der Waals surface area contributed by atoms with Gasteiger partial charge in [-0.05, 0) is 56.5 Å². The number of nitrogens with zero attached hydrogens (tertiary/aromatic N) is 6. The van der Waals surface area contributed by atoms with Crippen LogP contribution < -0.4 is 15.8 Å². The molecule has 0 bridgehead atoms. The number of sulfonamides is 1. The predicted octanol–water partition coefficient (Wildman–Crippen LogP) is 1.63. The van der Waals surface area contributed by atoms with E-state index in [0.717, 1.165) is 12.8 Å². The van der Waals surface area contributed by atoms with Crippen molar-refractivity contribution in [3.05, 3.63) is 53.5 Å². The molecule has 0 spiro atoms. The molecule has 4 heterocycles. The van der Waals surface area contributed by atoms with E-state index in [1.54, 1.807) is 41.2 Å². The van der Waals surface area contributed by atoms with Crippen LogP contribution in [0, 0.1) is 5.92 Å². The molecule has 4 N–H and O–H groups in total. The van der Waals surface area contributed by atoms with Crippen molar-refractivity contribution in [3.63, 3.8) is 0 Å². The topological polar surface area (TPSA) is 170 Å². The summed E-state index contributed by atoms with van der Waals surface area (Å²) >= 11 is 0. The van der Waals surface area contributed by atoms with E-state index in [9.17, 15) is 18.0 Å². The first-order valence-electron chi connectivity index (χ1n) is 12.4. The number of carbonyl (C=O) groups excluding carboxylic acids is 2. The van der Waals surface area contributed by atoms with Gasteiger partial charge < -0.3 is 16.0 Å². The van der Waals surface area contributed by atoms with Crippen molar-refractivity contribution >= 4 is 39.0 Å². The van der Waals surface area contributed by atoms with Gasteiger partial charge in [-0.3, -0.25) is 14.3 Å². The van der Waals surface area contributed by atoms with Crippen LogP contribution >= 0.6 is 0 Å². The molecule has 1 aliphatic heterocycles. The third kappa shape index (κ3) is 4.21. The highest BCUT2D eigenvalue weighted by atomic mass is 32.2. The van der Waals surface area contributed by atoms with Crippen LogP contribution in [0.25, 0.3) is 16.9 Å². The second kappa shape index (κ2) is 8.88. The fourth-order valence-corrected chi connectivity index (χ4v) is 6.06. The van der Waals surface area contributed by atoms with Crippen LogP contribution in [-0.4, -0.2) is 62.6 Å². The summed E-state index contributed by atoms with van der Waals surface area (Å²) in [4.78, 5) is 32.8. The lowest BCUT2D eigenvalue weighted by atomic mass is 10.0. The number of anilines is 2. The van der Waals surface area contributed by atoms with Crippen LogP contribution in [0.5, 0.6) is 0 Å². The Morgan fingerprint density at radius 3 is 2.69 bits per heavy atom. The number of rotatable bonds is 7. The molecule has 1 aromatic carbocycles.